The Balaban J connectivity index is 1.64. The highest BCUT2D eigenvalue weighted by atomic mass is 32.2. The highest BCUT2D eigenvalue weighted by molar-refractivity contribution is 7.88. The number of tetrazole rings is 2. The molecule has 0 fully saturated rings. The van der Waals surface area contributed by atoms with Crippen molar-refractivity contribution in [2.45, 2.75) is 53.5 Å². The maximum atomic E-state index is 12.3. The van der Waals surface area contributed by atoms with E-state index in [2.05, 4.69) is 63.8 Å². The van der Waals surface area contributed by atoms with Crippen LogP contribution in [-0.2, 0) is 34.6 Å². The summed E-state index contributed by atoms with van der Waals surface area (Å²) in [5.41, 5.74) is -0.109. The lowest BCUT2D eigenvalue weighted by Crippen LogP contribution is -2.24. The van der Waals surface area contributed by atoms with Crippen LogP contribution in [0.5, 0.6) is 0 Å². The quantitative estimate of drug-likeness (QED) is 0.492. The van der Waals surface area contributed by atoms with E-state index >= 15 is 0 Å². The molecule has 0 aliphatic carbocycles. The van der Waals surface area contributed by atoms with Crippen LogP contribution in [0.1, 0.15) is 46.4 Å². The van der Waals surface area contributed by atoms with E-state index < -0.39 is 21.6 Å². The van der Waals surface area contributed by atoms with Crippen molar-refractivity contribution >= 4 is 21.6 Å². The third-order valence-electron chi connectivity index (χ3n) is 4.56. The molecule has 0 aliphatic heterocycles. The second-order valence-electron chi connectivity index (χ2n) is 8.54. The molecule has 10 nitrogen and oxygen atoms in total. The number of aromatic nitrogens is 8. The van der Waals surface area contributed by atoms with Crippen molar-refractivity contribution < 1.29 is 8.42 Å². The molecule has 0 aliphatic rings. The summed E-state index contributed by atoms with van der Waals surface area (Å²) in [6.07, 6.45) is 3.86. The Hall–Kier alpha value is -1.56. The van der Waals surface area contributed by atoms with Gasteiger partial charge < -0.3 is 0 Å². The summed E-state index contributed by atoms with van der Waals surface area (Å²) in [6, 6.07) is 0. The molecule has 2 heterocycles. The van der Waals surface area contributed by atoms with Gasteiger partial charge in [0.2, 0.25) is 0 Å². The number of nitrogens with zero attached hydrogens (tertiary/aromatic N) is 7. The first-order valence-electron chi connectivity index (χ1n) is 9.28. The molecule has 0 radical (unpaired) electrons. The Morgan fingerprint density at radius 3 is 2.18 bits per heavy atom. The molecule has 2 aromatic heterocycles. The lowest BCUT2D eigenvalue weighted by atomic mass is 9.86. The SMILES string of the molecule is CC(C)(CCS(=O)CCS(=O)CCC(C)(C)Cn1cnnn1)Cc1nn[nH]n1. The van der Waals surface area contributed by atoms with E-state index in [1.165, 1.54) is 0 Å². The predicted octanol–water partition coefficient (Wildman–Crippen LogP) is 0.759. The Kier molecular flexibility index (Phi) is 8.35. The molecule has 2 unspecified atom stereocenters. The number of nitrogens with one attached hydrogen (secondary N) is 1. The molecule has 0 aromatic carbocycles. The van der Waals surface area contributed by atoms with Crippen LogP contribution in [0.4, 0.5) is 0 Å². The van der Waals surface area contributed by atoms with E-state index in [0.29, 0.717) is 41.8 Å². The van der Waals surface area contributed by atoms with Gasteiger partial charge in [-0.05, 0) is 34.1 Å². The summed E-state index contributed by atoms with van der Waals surface area (Å²) in [5.74, 6) is 2.79. The summed E-state index contributed by atoms with van der Waals surface area (Å²) < 4.78 is 26.3. The first-order chi connectivity index (χ1) is 13.2. The van der Waals surface area contributed by atoms with E-state index in [1.807, 2.05) is 0 Å². The van der Waals surface area contributed by atoms with Crippen molar-refractivity contribution in [3.05, 3.63) is 12.2 Å². The molecule has 158 valence electrons. The molecule has 28 heavy (non-hydrogen) atoms. The molecule has 2 rings (SSSR count). The van der Waals surface area contributed by atoms with Crippen molar-refractivity contribution in [1.29, 1.82) is 0 Å². The summed E-state index contributed by atoms with van der Waals surface area (Å²) in [4.78, 5) is 0. The zero-order valence-corrected chi connectivity index (χ0v) is 18.6. The van der Waals surface area contributed by atoms with E-state index in [1.54, 1.807) is 11.0 Å². The van der Waals surface area contributed by atoms with Crippen LogP contribution in [0.3, 0.4) is 0 Å². The van der Waals surface area contributed by atoms with Gasteiger partial charge in [-0.3, -0.25) is 8.42 Å². The Morgan fingerprint density at radius 2 is 1.64 bits per heavy atom. The zero-order chi connectivity index (χ0) is 20.6. The molecule has 2 atom stereocenters. The van der Waals surface area contributed by atoms with E-state index in [0.717, 1.165) is 12.8 Å². The lowest BCUT2D eigenvalue weighted by Gasteiger charge is -2.23. The molecule has 0 bridgehead atoms. The van der Waals surface area contributed by atoms with Gasteiger partial charge >= 0.3 is 0 Å². The van der Waals surface area contributed by atoms with Crippen molar-refractivity contribution in [1.82, 2.24) is 40.8 Å². The molecule has 0 amide bonds. The van der Waals surface area contributed by atoms with Crippen LogP contribution in [0.15, 0.2) is 6.33 Å². The van der Waals surface area contributed by atoms with E-state index in [9.17, 15) is 8.42 Å². The second-order valence-corrected chi connectivity index (χ2v) is 11.9. The number of H-pyrrole nitrogens is 1. The standard InChI is InChI=1S/C16H30N8O2S2/c1-15(2,11-14-18-21-22-19-14)5-7-27(25)9-10-28(26)8-6-16(3,4)12-24-13-17-20-23-24/h13H,5-12H2,1-4H3,(H,18,19,21,22). The Bertz CT molecular complexity index is 683. The van der Waals surface area contributed by atoms with Gasteiger partial charge in [0.15, 0.2) is 5.82 Å². The molecule has 12 heteroatoms. The van der Waals surface area contributed by atoms with Crippen LogP contribution in [0.2, 0.25) is 0 Å². The fraction of sp³-hybridized carbons (Fsp3) is 0.875. The molecule has 0 saturated carbocycles. The summed E-state index contributed by atoms with van der Waals surface area (Å²) in [6.45, 7) is 9.10. The molecular formula is C16H30N8O2S2. The van der Waals surface area contributed by atoms with Gasteiger partial charge in [0.1, 0.15) is 6.33 Å². The summed E-state index contributed by atoms with van der Waals surface area (Å²) >= 11 is 0. The largest absolute Gasteiger partial charge is 0.260 e. The Morgan fingerprint density at radius 1 is 1.00 bits per heavy atom. The van der Waals surface area contributed by atoms with Crippen LogP contribution in [0, 0.1) is 10.8 Å². The van der Waals surface area contributed by atoms with Gasteiger partial charge in [0.25, 0.3) is 0 Å². The van der Waals surface area contributed by atoms with Crippen molar-refractivity contribution in [3.8, 4) is 0 Å². The fourth-order valence-corrected chi connectivity index (χ4v) is 6.17. The monoisotopic (exact) mass is 430 g/mol. The molecule has 0 spiro atoms. The minimum absolute atomic E-state index is 0.0522. The highest BCUT2D eigenvalue weighted by Crippen LogP contribution is 2.25. The third-order valence-corrected chi connectivity index (χ3v) is 7.46. The van der Waals surface area contributed by atoms with Crippen LogP contribution < -0.4 is 0 Å². The van der Waals surface area contributed by atoms with Gasteiger partial charge in [-0.25, -0.2) is 4.68 Å². The molecule has 0 saturated heterocycles. The minimum atomic E-state index is -0.974. The average Bonchev–Trinajstić information content (AvgIpc) is 3.30. The van der Waals surface area contributed by atoms with Crippen LogP contribution in [-0.4, -0.2) is 72.3 Å². The molecule has 2 aromatic rings. The smallest absolute Gasteiger partial charge is 0.175 e. The molecular weight excluding hydrogens is 400 g/mol. The minimum Gasteiger partial charge on any atom is -0.260 e. The lowest BCUT2D eigenvalue weighted by molar-refractivity contribution is 0.279. The highest BCUT2D eigenvalue weighted by Gasteiger charge is 2.23. The summed E-state index contributed by atoms with van der Waals surface area (Å²) in [5, 5.41) is 25.1. The topological polar surface area (TPSA) is 132 Å². The maximum Gasteiger partial charge on any atom is 0.175 e. The van der Waals surface area contributed by atoms with Gasteiger partial charge in [-0.2, -0.15) is 5.21 Å². The Labute approximate surface area is 170 Å². The number of hydrogen-bond acceptors (Lipinski definition) is 8. The van der Waals surface area contributed by atoms with Crippen LogP contribution >= 0.6 is 0 Å². The normalized spacial score (nSPS) is 14.9. The first-order valence-corrected chi connectivity index (χ1v) is 12.3. The first kappa shape index (κ1) is 22.7. The fourth-order valence-electron chi connectivity index (χ4n) is 2.71. The van der Waals surface area contributed by atoms with Gasteiger partial charge in [-0.1, -0.05) is 32.9 Å². The number of aromatic amines is 1. The van der Waals surface area contributed by atoms with Gasteiger partial charge in [0, 0.05) is 57.6 Å². The van der Waals surface area contributed by atoms with E-state index in [4.69, 9.17) is 0 Å². The number of rotatable bonds is 13. The number of hydrogen-bond donors (Lipinski definition) is 1. The van der Waals surface area contributed by atoms with Crippen LogP contribution in [0.25, 0.3) is 0 Å². The van der Waals surface area contributed by atoms with Crippen molar-refractivity contribution in [2.75, 3.05) is 23.0 Å². The second kappa shape index (κ2) is 10.3. The van der Waals surface area contributed by atoms with E-state index in [-0.39, 0.29) is 10.8 Å². The maximum absolute atomic E-state index is 12.3. The van der Waals surface area contributed by atoms with Gasteiger partial charge in [0.05, 0.1) is 0 Å². The third kappa shape index (κ3) is 8.63. The van der Waals surface area contributed by atoms with Crippen molar-refractivity contribution in [3.63, 3.8) is 0 Å². The zero-order valence-electron chi connectivity index (χ0n) is 17.0. The average molecular weight is 431 g/mol. The predicted molar refractivity (Wildman–Crippen MR) is 108 cm³/mol. The van der Waals surface area contributed by atoms with Crippen molar-refractivity contribution in [2.24, 2.45) is 10.8 Å². The van der Waals surface area contributed by atoms with Gasteiger partial charge in [-0.15, -0.1) is 15.3 Å². The summed E-state index contributed by atoms with van der Waals surface area (Å²) in [7, 11) is -1.95. The molecule has 1 N–H and O–H groups in total.